The lowest BCUT2D eigenvalue weighted by Gasteiger charge is -2.27. The Kier molecular flexibility index (Phi) is 6.25. The molecule has 0 aliphatic carbocycles. The minimum absolute atomic E-state index is 0.434. The van der Waals surface area contributed by atoms with Crippen molar-refractivity contribution in [3.05, 3.63) is 0 Å². The molecule has 0 rings (SSSR count). The molecular weight excluding hydrogens is 228 g/mol. The Morgan fingerprint density at radius 1 is 1.38 bits per heavy atom. The number of aliphatic carboxylic acids is 1. The second-order valence-electron chi connectivity index (χ2n) is 4.53. The maximum absolute atomic E-state index is 11.4. The molecule has 0 saturated carbocycles. The van der Waals surface area contributed by atoms with Crippen LogP contribution in [0, 0.1) is 5.41 Å². The van der Waals surface area contributed by atoms with Gasteiger partial charge in [0.15, 0.2) is 0 Å². The summed E-state index contributed by atoms with van der Waals surface area (Å²) in [7, 11) is 0. The molecule has 0 heterocycles. The highest BCUT2D eigenvalue weighted by molar-refractivity contribution is 7.98. The topological polar surface area (TPSA) is 78.4 Å². The molecule has 5 nitrogen and oxygen atoms in total. The minimum atomic E-state index is -1.02. The highest BCUT2D eigenvalue weighted by Gasteiger charge is 2.32. The Labute approximate surface area is 100 Å². The van der Waals surface area contributed by atoms with E-state index in [1.165, 1.54) is 0 Å². The number of rotatable bonds is 5. The van der Waals surface area contributed by atoms with Gasteiger partial charge in [0.1, 0.15) is 6.04 Å². The maximum atomic E-state index is 11.4. The number of carbonyl (C=O) groups is 2. The van der Waals surface area contributed by atoms with Crippen molar-refractivity contribution < 1.29 is 14.7 Å². The van der Waals surface area contributed by atoms with Gasteiger partial charge in [0, 0.05) is 12.3 Å². The predicted molar refractivity (Wildman–Crippen MR) is 65.8 cm³/mol. The monoisotopic (exact) mass is 248 g/mol. The number of carboxylic acids is 1. The first-order valence-electron chi connectivity index (χ1n) is 5.05. The standard InChI is InChI=1S/C10H20N2O3S/c1-10(2,3)7(8(13)14)12-9(15)11-5-6-16-4/h7H,5-6H2,1-4H3,(H,13,14)(H2,11,12,15). The molecular formula is C10H20N2O3S. The molecule has 1 atom stereocenters. The molecule has 0 aliphatic heterocycles. The van der Waals surface area contributed by atoms with E-state index in [9.17, 15) is 9.59 Å². The number of amides is 2. The molecule has 0 aromatic rings. The lowest BCUT2D eigenvalue weighted by molar-refractivity contribution is -0.141. The van der Waals surface area contributed by atoms with Crippen LogP contribution in [0.25, 0.3) is 0 Å². The van der Waals surface area contributed by atoms with Crippen molar-refractivity contribution in [2.45, 2.75) is 26.8 Å². The van der Waals surface area contributed by atoms with Crippen LogP contribution in [0.5, 0.6) is 0 Å². The van der Waals surface area contributed by atoms with Gasteiger partial charge in [-0.1, -0.05) is 20.8 Å². The average Bonchev–Trinajstić information content (AvgIpc) is 2.12. The third kappa shape index (κ3) is 5.85. The molecule has 0 saturated heterocycles. The number of hydrogen-bond donors (Lipinski definition) is 3. The first kappa shape index (κ1) is 15.1. The largest absolute Gasteiger partial charge is 0.480 e. The van der Waals surface area contributed by atoms with Crippen LogP contribution in [0.3, 0.4) is 0 Å². The van der Waals surface area contributed by atoms with Crippen molar-refractivity contribution in [2.24, 2.45) is 5.41 Å². The van der Waals surface area contributed by atoms with Crippen LogP contribution in [0.1, 0.15) is 20.8 Å². The number of thioether (sulfide) groups is 1. The molecule has 0 aromatic carbocycles. The van der Waals surface area contributed by atoms with Gasteiger partial charge in [-0.2, -0.15) is 11.8 Å². The maximum Gasteiger partial charge on any atom is 0.326 e. The van der Waals surface area contributed by atoms with Crippen LogP contribution >= 0.6 is 11.8 Å². The first-order valence-corrected chi connectivity index (χ1v) is 6.44. The molecule has 0 radical (unpaired) electrons. The number of nitrogens with one attached hydrogen (secondary N) is 2. The van der Waals surface area contributed by atoms with Crippen molar-refractivity contribution in [3.8, 4) is 0 Å². The third-order valence-electron chi connectivity index (χ3n) is 1.98. The molecule has 0 aromatic heterocycles. The van der Waals surface area contributed by atoms with Crippen molar-refractivity contribution >= 4 is 23.8 Å². The SMILES string of the molecule is CSCCNC(=O)NC(C(=O)O)C(C)(C)C. The summed E-state index contributed by atoms with van der Waals surface area (Å²) < 4.78 is 0. The van der Waals surface area contributed by atoms with E-state index >= 15 is 0 Å². The van der Waals surface area contributed by atoms with E-state index in [2.05, 4.69) is 10.6 Å². The molecule has 16 heavy (non-hydrogen) atoms. The summed E-state index contributed by atoms with van der Waals surface area (Å²) in [4.78, 5) is 22.3. The van der Waals surface area contributed by atoms with Crippen LogP contribution in [0.15, 0.2) is 0 Å². The quantitative estimate of drug-likeness (QED) is 0.638. The third-order valence-corrected chi connectivity index (χ3v) is 2.59. The molecule has 3 N–H and O–H groups in total. The van der Waals surface area contributed by atoms with Crippen molar-refractivity contribution in [2.75, 3.05) is 18.6 Å². The number of carbonyl (C=O) groups excluding carboxylic acids is 1. The zero-order chi connectivity index (χ0) is 12.8. The van der Waals surface area contributed by atoms with Crippen LogP contribution < -0.4 is 10.6 Å². The Balaban J connectivity index is 4.21. The fourth-order valence-corrected chi connectivity index (χ4v) is 1.40. The van der Waals surface area contributed by atoms with E-state index in [4.69, 9.17) is 5.11 Å². The van der Waals surface area contributed by atoms with Crippen LogP contribution in [0.2, 0.25) is 0 Å². The van der Waals surface area contributed by atoms with Gasteiger partial charge in [0.2, 0.25) is 0 Å². The average molecular weight is 248 g/mol. The molecule has 2 amide bonds. The lowest BCUT2D eigenvalue weighted by atomic mass is 9.87. The van der Waals surface area contributed by atoms with E-state index in [0.717, 1.165) is 5.75 Å². The van der Waals surface area contributed by atoms with E-state index < -0.39 is 23.5 Å². The summed E-state index contributed by atoms with van der Waals surface area (Å²) in [5.41, 5.74) is -0.511. The molecule has 0 spiro atoms. The summed E-state index contributed by atoms with van der Waals surface area (Å²) in [5, 5.41) is 14.0. The normalized spacial score (nSPS) is 13.0. The summed E-state index contributed by atoms with van der Waals surface area (Å²) in [6.07, 6.45) is 1.94. The van der Waals surface area contributed by atoms with Crippen molar-refractivity contribution in [1.29, 1.82) is 0 Å². The zero-order valence-corrected chi connectivity index (χ0v) is 11.0. The highest BCUT2D eigenvalue weighted by Crippen LogP contribution is 2.19. The summed E-state index contributed by atoms with van der Waals surface area (Å²) in [6.45, 7) is 5.85. The van der Waals surface area contributed by atoms with Crippen molar-refractivity contribution in [1.82, 2.24) is 10.6 Å². The first-order chi connectivity index (χ1) is 7.29. The number of carboxylic acid groups (broad SMARTS) is 1. The van der Waals surface area contributed by atoms with E-state index in [-0.39, 0.29) is 0 Å². The Morgan fingerprint density at radius 2 is 1.94 bits per heavy atom. The second kappa shape index (κ2) is 6.62. The number of urea groups is 1. The zero-order valence-electron chi connectivity index (χ0n) is 10.2. The minimum Gasteiger partial charge on any atom is -0.480 e. The second-order valence-corrected chi connectivity index (χ2v) is 5.52. The van der Waals surface area contributed by atoms with Gasteiger partial charge in [-0.15, -0.1) is 0 Å². The summed E-state index contributed by atoms with van der Waals surface area (Å²) in [5.74, 6) is -0.215. The molecule has 1 unspecified atom stereocenters. The van der Waals surface area contributed by atoms with Gasteiger partial charge in [-0.25, -0.2) is 9.59 Å². The molecule has 0 aliphatic rings. The molecule has 0 bridgehead atoms. The Morgan fingerprint density at radius 3 is 2.31 bits per heavy atom. The molecule has 94 valence electrons. The Bertz CT molecular complexity index is 251. The highest BCUT2D eigenvalue weighted by atomic mass is 32.2. The fourth-order valence-electron chi connectivity index (χ4n) is 1.10. The lowest BCUT2D eigenvalue weighted by Crippen LogP contribution is -2.52. The molecule has 6 heteroatoms. The van der Waals surface area contributed by atoms with E-state index in [1.807, 2.05) is 6.26 Å². The summed E-state index contributed by atoms with van der Waals surface area (Å²) >= 11 is 1.62. The molecule has 0 fully saturated rings. The van der Waals surface area contributed by atoms with Crippen LogP contribution in [-0.4, -0.2) is 41.7 Å². The van der Waals surface area contributed by atoms with Gasteiger partial charge in [-0.3, -0.25) is 0 Å². The van der Waals surface area contributed by atoms with Gasteiger partial charge in [0.25, 0.3) is 0 Å². The van der Waals surface area contributed by atoms with Gasteiger partial charge in [0.05, 0.1) is 0 Å². The van der Waals surface area contributed by atoms with Gasteiger partial charge >= 0.3 is 12.0 Å². The van der Waals surface area contributed by atoms with E-state index in [0.29, 0.717) is 6.54 Å². The predicted octanol–water partition coefficient (Wildman–Crippen LogP) is 1.15. The fraction of sp³-hybridized carbons (Fsp3) is 0.800. The van der Waals surface area contributed by atoms with Crippen LogP contribution in [0.4, 0.5) is 4.79 Å². The van der Waals surface area contributed by atoms with E-state index in [1.54, 1.807) is 32.5 Å². The van der Waals surface area contributed by atoms with Gasteiger partial charge in [-0.05, 0) is 11.7 Å². The van der Waals surface area contributed by atoms with Gasteiger partial charge < -0.3 is 15.7 Å². The van der Waals surface area contributed by atoms with Crippen molar-refractivity contribution in [3.63, 3.8) is 0 Å². The summed E-state index contributed by atoms with van der Waals surface area (Å²) in [6, 6.07) is -1.32. The number of hydrogen-bond acceptors (Lipinski definition) is 3. The van der Waals surface area contributed by atoms with Crippen LogP contribution in [-0.2, 0) is 4.79 Å². The smallest absolute Gasteiger partial charge is 0.326 e. The Hall–Kier alpha value is -0.910.